The lowest BCUT2D eigenvalue weighted by atomic mass is 9.94. The van der Waals surface area contributed by atoms with Crippen molar-refractivity contribution in [3.63, 3.8) is 0 Å². The highest BCUT2D eigenvalue weighted by Crippen LogP contribution is 2.30. The van der Waals surface area contributed by atoms with Crippen molar-refractivity contribution >= 4 is 17.5 Å². The van der Waals surface area contributed by atoms with E-state index in [0.717, 1.165) is 22.6 Å². The molecule has 0 spiro atoms. The van der Waals surface area contributed by atoms with Crippen molar-refractivity contribution in [3.8, 4) is 0 Å². The fraction of sp³-hybridized carbons (Fsp3) is 0.417. The molecule has 1 aliphatic heterocycles. The van der Waals surface area contributed by atoms with Crippen LogP contribution in [0.5, 0.6) is 0 Å². The molecule has 1 aromatic rings. The molecule has 0 bridgehead atoms. The van der Waals surface area contributed by atoms with E-state index in [2.05, 4.69) is 0 Å². The summed E-state index contributed by atoms with van der Waals surface area (Å²) in [4.78, 5) is 12.0. The Morgan fingerprint density at radius 1 is 1.47 bits per heavy atom. The molecule has 1 heterocycles. The standard InChI is InChI=1S/C12H13FOS/c1-7-3-4-10(13)11-9(7)6-15-5-8(2)12(11)14/h3-4,8H,5-6H2,1-2H3. The Kier molecular flexibility index (Phi) is 2.83. The van der Waals surface area contributed by atoms with Crippen LogP contribution in [-0.4, -0.2) is 11.5 Å². The molecule has 15 heavy (non-hydrogen) atoms. The summed E-state index contributed by atoms with van der Waals surface area (Å²) < 4.78 is 13.6. The van der Waals surface area contributed by atoms with Gasteiger partial charge in [0.2, 0.25) is 0 Å². The Bertz CT molecular complexity index is 414. The second kappa shape index (κ2) is 3.97. The van der Waals surface area contributed by atoms with Gasteiger partial charge in [0.1, 0.15) is 5.82 Å². The van der Waals surface area contributed by atoms with Gasteiger partial charge in [-0.05, 0) is 24.1 Å². The van der Waals surface area contributed by atoms with Gasteiger partial charge in [0, 0.05) is 17.4 Å². The number of Topliss-reactive ketones (excluding diaryl/α,β-unsaturated/α-hetero) is 1. The van der Waals surface area contributed by atoms with Gasteiger partial charge in [-0.1, -0.05) is 13.0 Å². The first kappa shape index (κ1) is 10.7. The molecular weight excluding hydrogens is 211 g/mol. The van der Waals surface area contributed by atoms with Crippen LogP contribution >= 0.6 is 11.8 Å². The summed E-state index contributed by atoms with van der Waals surface area (Å²) in [7, 11) is 0. The lowest BCUT2D eigenvalue weighted by molar-refractivity contribution is 0.0938. The first-order valence-electron chi connectivity index (χ1n) is 5.01. The van der Waals surface area contributed by atoms with Crippen molar-refractivity contribution in [2.24, 2.45) is 5.92 Å². The lowest BCUT2D eigenvalue weighted by Crippen LogP contribution is -2.15. The lowest BCUT2D eigenvalue weighted by Gasteiger charge is -2.10. The van der Waals surface area contributed by atoms with Gasteiger partial charge in [0.05, 0.1) is 5.56 Å². The van der Waals surface area contributed by atoms with Gasteiger partial charge in [-0.3, -0.25) is 4.79 Å². The van der Waals surface area contributed by atoms with Crippen LogP contribution in [-0.2, 0) is 5.75 Å². The first-order valence-corrected chi connectivity index (χ1v) is 6.16. The van der Waals surface area contributed by atoms with E-state index >= 15 is 0 Å². The third kappa shape index (κ3) is 1.81. The number of ketones is 1. The largest absolute Gasteiger partial charge is 0.294 e. The van der Waals surface area contributed by atoms with E-state index in [1.54, 1.807) is 17.8 Å². The quantitative estimate of drug-likeness (QED) is 0.673. The number of thioether (sulfide) groups is 1. The van der Waals surface area contributed by atoms with Crippen LogP contribution in [0, 0.1) is 18.7 Å². The van der Waals surface area contributed by atoms with Crippen LogP contribution in [0.3, 0.4) is 0 Å². The van der Waals surface area contributed by atoms with Gasteiger partial charge in [0.15, 0.2) is 5.78 Å². The maximum atomic E-state index is 13.6. The summed E-state index contributed by atoms with van der Waals surface area (Å²) in [6, 6.07) is 3.15. The van der Waals surface area contributed by atoms with Gasteiger partial charge < -0.3 is 0 Å². The fourth-order valence-corrected chi connectivity index (χ4v) is 3.03. The smallest absolute Gasteiger partial charge is 0.169 e. The molecule has 0 aromatic heterocycles. The van der Waals surface area contributed by atoms with E-state index in [-0.39, 0.29) is 17.5 Å². The summed E-state index contributed by atoms with van der Waals surface area (Å²) in [5.74, 6) is 1.04. The summed E-state index contributed by atoms with van der Waals surface area (Å²) in [5, 5.41) is 0. The molecule has 3 heteroatoms. The van der Waals surface area contributed by atoms with Crippen LogP contribution in [0.25, 0.3) is 0 Å². The zero-order valence-corrected chi connectivity index (χ0v) is 9.66. The maximum absolute atomic E-state index is 13.6. The van der Waals surface area contributed by atoms with Crippen LogP contribution < -0.4 is 0 Å². The number of hydrogen-bond acceptors (Lipinski definition) is 2. The molecule has 1 aromatic carbocycles. The number of halogens is 1. The highest BCUT2D eigenvalue weighted by atomic mass is 32.2. The monoisotopic (exact) mass is 224 g/mol. The Labute approximate surface area is 93.1 Å². The van der Waals surface area contributed by atoms with Gasteiger partial charge >= 0.3 is 0 Å². The SMILES string of the molecule is Cc1ccc(F)c2c1CSCC(C)C2=O. The molecule has 0 amide bonds. The molecule has 1 atom stereocenters. The van der Waals surface area contributed by atoms with E-state index in [1.165, 1.54) is 6.07 Å². The molecule has 0 aliphatic carbocycles. The van der Waals surface area contributed by atoms with Crippen LogP contribution in [0.4, 0.5) is 4.39 Å². The van der Waals surface area contributed by atoms with Crippen molar-refractivity contribution in [1.82, 2.24) is 0 Å². The Balaban J connectivity index is 2.62. The van der Waals surface area contributed by atoms with Crippen molar-refractivity contribution < 1.29 is 9.18 Å². The van der Waals surface area contributed by atoms with Crippen LogP contribution in [0.1, 0.15) is 28.4 Å². The summed E-state index contributed by atoms with van der Waals surface area (Å²) >= 11 is 1.71. The minimum Gasteiger partial charge on any atom is -0.294 e. The van der Waals surface area contributed by atoms with Gasteiger partial charge in [-0.25, -0.2) is 4.39 Å². The molecule has 0 saturated heterocycles. The van der Waals surface area contributed by atoms with Crippen molar-refractivity contribution in [1.29, 1.82) is 0 Å². The van der Waals surface area contributed by atoms with E-state index < -0.39 is 0 Å². The molecule has 0 N–H and O–H groups in total. The molecule has 2 rings (SSSR count). The zero-order valence-electron chi connectivity index (χ0n) is 8.84. The summed E-state index contributed by atoms with van der Waals surface area (Å²) in [6.07, 6.45) is 0. The predicted octanol–water partition coefficient (Wildman–Crippen LogP) is 3.20. The zero-order chi connectivity index (χ0) is 11.0. The minimum atomic E-state index is -0.366. The number of carbonyl (C=O) groups excluding carboxylic acids is 1. The first-order chi connectivity index (χ1) is 7.11. The Morgan fingerprint density at radius 2 is 2.20 bits per heavy atom. The second-order valence-electron chi connectivity index (χ2n) is 4.00. The number of hydrogen-bond donors (Lipinski definition) is 0. The van der Waals surface area contributed by atoms with Crippen molar-refractivity contribution in [3.05, 3.63) is 34.6 Å². The van der Waals surface area contributed by atoms with E-state index in [4.69, 9.17) is 0 Å². The highest BCUT2D eigenvalue weighted by Gasteiger charge is 2.26. The van der Waals surface area contributed by atoms with Crippen LogP contribution in [0.2, 0.25) is 0 Å². The average Bonchev–Trinajstić information content (AvgIpc) is 2.35. The second-order valence-corrected chi connectivity index (χ2v) is 5.03. The van der Waals surface area contributed by atoms with Gasteiger partial charge in [-0.15, -0.1) is 0 Å². The highest BCUT2D eigenvalue weighted by molar-refractivity contribution is 7.98. The predicted molar refractivity (Wildman–Crippen MR) is 60.8 cm³/mol. The maximum Gasteiger partial charge on any atom is 0.169 e. The normalized spacial score (nSPS) is 21.0. The Morgan fingerprint density at radius 3 is 2.93 bits per heavy atom. The number of benzene rings is 1. The van der Waals surface area contributed by atoms with Gasteiger partial charge in [0.25, 0.3) is 0 Å². The number of carbonyl (C=O) groups is 1. The molecule has 0 saturated carbocycles. The van der Waals surface area contributed by atoms with E-state index in [1.807, 2.05) is 13.8 Å². The van der Waals surface area contributed by atoms with Crippen molar-refractivity contribution in [2.75, 3.05) is 5.75 Å². The number of rotatable bonds is 0. The molecule has 80 valence electrons. The third-order valence-corrected chi connectivity index (χ3v) is 4.03. The number of fused-ring (bicyclic) bond motifs is 1. The molecule has 1 aliphatic rings. The topological polar surface area (TPSA) is 17.1 Å². The summed E-state index contributed by atoms with van der Waals surface area (Å²) in [5.41, 5.74) is 2.23. The van der Waals surface area contributed by atoms with Crippen LogP contribution in [0.15, 0.2) is 12.1 Å². The molecule has 0 radical (unpaired) electrons. The fourth-order valence-electron chi connectivity index (χ4n) is 1.84. The molecule has 1 unspecified atom stereocenters. The van der Waals surface area contributed by atoms with Gasteiger partial charge in [-0.2, -0.15) is 11.8 Å². The Hall–Kier alpha value is -0.830. The molecule has 0 fully saturated rings. The third-order valence-electron chi connectivity index (χ3n) is 2.80. The molecular formula is C12H13FOS. The van der Waals surface area contributed by atoms with E-state index in [0.29, 0.717) is 5.56 Å². The molecule has 1 nitrogen and oxygen atoms in total. The summed E-state index contributed by atoms with van der Waals surface area (Å²) in [6.45, 7) is 3.80. The average molecular weight is 224 g/mol. The van der Waals surface area contributed by atoms with E-state index in [9.17, 15) is 9.18 Å². The number of aryl methyl sites for hydroxylation is 1. The minimum absolute atomic E-state index is 0.0452. The van der Waals surface area contributed by atoms with Crippen molar-refractivity contribution in [2.45, 2.75) is 19.6 Å².